The third-order valence-corrected chi connectivity index (χ3v) is 4.17. The highest BCUT2D eigenvalue weighted by Crippen LogP contribution is 2.29. The van der Waals surface area contributed by atoms with Crippen LogP contribution in [0.15, 0.2) is 42.5 Å². The standard InChI is InChI=1S/C18H20N4O4S/c1-12(18(23)21-15-7-5-4-6-13(15)11-19)20-14-8-9-17(26-2)16(10-14)22-27(3,24)25/h4-10,12,20,22H,1-3H3,(H,21,23)/t12-/m0/s1. The topological polar surface area (TPSA) is 120 Å². The summed E-state index contributed by atoms with van der Waals surface area (Å²) in [6.45, 7) is 1.65. The first kappa shape index (κ1) is 20.1. The Morgan fingerprint density at radius 2 is 1.89 bits per heavy atom. The van der Waals surface area contributed by atoms with Crippen LogP contribution >= 0.6 is 0 Å². The van der Waals surface area contributed by atoms with Crippen LogP contribution in [0.5, 0.6) is 5.75 Å². The first-order valence-corrected chi connectivity index (χ1v) is 9.85. The number of anilines is 3. The summed E-state index contributed by atoms with van der Waals surface area (Å²) >= 11 is 0. The SMILES string of the molecule is COc1ccc(N[C@@H](C)C(=O)Nc2ccccc2C#N)cc1NS(C)(=O)=O. The van der Waals surface area contributed by atoms with E-state index in [-0.39, 0.29) is 11.6 Å². The lowest BCUT2D eigenvalue weighted by atomic mass is 10.2. The third-order valence-electron chi connectivity index (χ3n) is 3.58. The number of sulfonamides is 1. The third kappa shape index (κ3) is 5.62. The predicted octanol–water partition coefficient (Wildman–Crippen LogP) is 2.38. The first-order chi connectivity index (χ1) is 12.7. The van der Waals surface area contributed by atoms with E-state index in [0.29, 0.717) is 22.7 Å². The largest absolute Gasteiger partial charge is 0.495 e. The molecule has 0 fully saturated rings. The molecule has 0 aliphatic rings. The van der Waals surface area contributed by atoms with Crippen LogP contribution in [0.25, 0.3) is 0 Å². The highest BCUT2D eigenvalue weighted by Gasteiger charge is 2.16. The van der Waals surface area contributed by atoms with Gasteiger partial charge in [0.05, 0.1) is 30.3 Å². The number of para-hydroxylation sites is 1. The average molecular weight is 388 g/mol. The molecule has 0 bridgehead atoms. The van der Waals surface area contributed by atoms with Gasteiger partial charge in [-0.1, -0.05) is 12.1 Å². The minimum absolute atomic E-state index is 0.257. The van der Waals surface area contributed by atoms with Gasteiger partial charge >= 0.3 is 0 Å². The Morgan fingerprint density at radius 1 is 1.19 bits per heavy atom. The molecule has 0 heterocycles. The summed E-state index contributed by atoms with van der Waals surface area (Å²) in [5.41, 5.74) is 1.57. The van der Waals surface area contributed by atoms with Gasteiger partial charge in [0, 0.05) is 5.69 Å². The molecular weight excluding hydrogens is 368 g/mol. The number of nitrogens with zero attached hydrogens (tertiary/aromatic N) is 1. The molecule has 0 spiro atoms. The Labute approximate surface area is 158 Å². The second kappa shape index (κ2) is 8.42. The maximum atomic E-state index is 12.4. The summed E-state index contributed by atoms with van der Waals surface area (Å²) in [7, 11) is -2.06. The molecule has 0 aromatic heterocycles. The molecule has 0 saturated carbocycles. The molecule has 142 valence electrons. The summed E-state index contributed by atoms with van der Waals surface area (Å²) in [5.74, 6) is 0.0113. The van der Waals surface area contributed by atoms with Crippen LogP contribution in [0.4, 0.5) is 17.1 Å². The van der Waals surface area contributed by atoms with E-state index in [0.717, 1.165) is 6.26 Å². The molecular formula is C18H20N4O4S. The molecule has 1 amide bonds. The van der Waals surface area contributed by atoms with Crippen molar-refractivity contribution in [3.63, 3.8) is 0 Å². The number of nitrogens with one attached hydrogen (secondary N) is 3. The number of benzene rings is 2. The quantitative estimate of drug-likeness (QED) is 0.670. The molecule has 2 rings (SSSR count). The maximum absolute atomic E-state index is 12.4. The van der Waals surface area contributed by atoms with Crippen molar-refractivity contribution >= 4 is 33.0 Å². The molecule has 9 heteroatoms. The molecule has 0 saturated heterocycles. The van der Waals surface area contributed by atoms with Crippen molar-refractivity contribution in [2.75, 3.05) is 28.7 Å². The van der Waals surface area contributed by atoms with Crippen molar-refractivity contribution in [3.05, 3.63) is 48.0 Å². The van der Waals surface area contributed by atoms with E-state index < -0.39 is 16.1 Å². The van der Waals surface area contributed by atoms with Crippen LogP contribution in [-0.4, -0.2) is 33.7 Å². The number of nitriles is 1. The number of carbonyl (C=O) groups is 1. The van der Waals surface area contributed by atoms with Crippen molar-refractivity contribution < 1.29 is 17.9 Å². The monoisotopic (exact) mass is 388 g/mol. The molecule has 2 aromatic rings. The van der Waals surface area contributed by atoms with E-state index in [1.807, 2.05) is 6.07 Å². The molecule has 1 atom stereocenters. The summed E-state index contributed by atoms with van der Waals surface area (Å²) in [4.78, 5) is 12.4. The van der Waals surface area contributed by atoms with Crippen molar-refractivity contribution in [1.29, 1.82) is 5.26 Å². The van der Waals surface area contributed by atoms with Crippen molar-refractivity contribution in [2.24, 2.45) is 0 Å². The number of carbonyl (C=O) groups excluding carboxylic acids is 1. The molecule has 0 radical (unpaired) electrons. The van der Waals surface area contributed by atoms with E-state index in [1.165, 1.54) is 13.2 Å². The fourth-order valence-corrected chi connectivity index (χ4v) is 2.88. The lowest BCUT2D eigenvalue weighted by Gasteiger charge is -2.17. The van der Waals surface area contributed by atoms with Gasteiger partial charge in [0.2, 0.25) is 15.9 Å². The van der Waals surface area contributed by atoms with Gasteiger partial charge in [-0.2, -0.15) is 5.26 Å². The summed E-state index contributed by atoms with van der Waals surface area (Å²) in [6, 6.07) is 12.9. The van der Waals surface area contributed by atoms with Crippen LogP contribution in [-0.2, 0) is 14.8 Å². The minimum atomic E-state index is -3.49. The normalized spacial score (nSPS) is 11.8. The second-order valence-corrected chi connectivity index (χ2v) is 7.55. The zero-order valence-electron chi connectivity index (χ0n) is 15.1. The number of hydrogen-bond donors (Lipinski definition) is 3. The van der Waals surface area contributed by atoms with Gasteiger partial charge in [-0.15, -0.1) is 0 Å². The zero-order chi connectivity index (χ0) is 20.0. The van der Waals surface area contributed by atoms with Crippen molar-refractivity contribution in [3.8, 4) is 11.8 Å². The van der Waals surface area contributed by atoms with Crippen LogP contribution in [0.2, 0.25) is 0 Å². The van der Waals surface area contributed by atoms with E-state index in [9.17, 15) is 13.2 Å². The van der Waals surface area contributed by atoms with Gasteiger partial charge in [-0.25, -0.2) is 8.42 Å². The Bertz CT molecular complexity index is 983. The Balaban J connectivity index is 2.15. The molecule has 8 nitrogen and oxygen atoms in total. The van der Waals surface area contributed by atoms with Gasteiger partial charge in [0.1, 0.15) is 17.9 Å². The van der Waals surface area contributed by atoms with Crippen molar-refractivity contribution in [2.45, 2.75) is 13.0 Å². The molecule has 3 N–H and O–H groups in total. The Kier molecular flexibility index (Phi) is 6.26. The summed E-state index contributed by atoms with van der Waals surface area (Å²) in [5, 5.41) is 14.8. The maximum Gasteiger partial charge on any atom is 0.246 e. The van der Waals surface area contributed by atoms with Crippen LogP contribution in [0, 0.1) is 11.3 Å². The lowest BCUT2D eigenvalue weighted by Crippen LogP contribution is -2.32. The zero-order valence-corrected chi connectivity index (χ0v) is 15.9. The average Bonchev–Trinajstić information content (AvgIpc) is 2.61. The highest BCUT2D eigenvalue weighted by molar-refractivity contribution is 7.92. The first-order valence-electron chi connectivity index (χ1n) is 7.96. The van der Waals surface area contributed by atoms with Gasteiger partial charge in [-0.3, -0.25) is 9.52 Å². The van der Waals surface area contributed by atoms with E-state index >= 15 is 0 Å². The number of rotatable bonds is 7. The van der Waals surface area contributed by atoms with Crippen molar-refractivity contribution in [1.82, 2.24) is 0 Å². The van der Waals surface area contributed by atoms with Gasteiger partial charge in [-0.05, 0) is 37.3 Å². The summed E-state index contributed by atoms with van der Waals surface area (Å²) in [6.07, 6.45) is 1.04. The van der Waals surface area contributed by atoms with Crippen LogP contribution in [0.1, 0.15) is 12.5 Å². The fourth-order valence-electron chi connectivity index (χ4n) is 2.32. The summed E-state index contributed by atoms with van der Waals surface area (Å²) < 4.78 is 30.5. The second-order valence-electron chi connectivity index (χ2n) is 5.80. The van der Waals surface area contributed by atoms with Gasteiger partial charge in [0.15, 0.2) is 0 Å². The Morgan fingerprint density at radius 3 is 2.52 bits per heavy atom. The lowest BCUT2D eigenvalue weighted by molar-refractivity contribution is -0.116. The van der Waals surface area contributed by atoms with E-state index in [2.05, 4.69) is 15.4 Å². The molecule has 0 aliphatic heterocycles. The minimum Gasteiger partial charge on any atom is -0.495 e. The number of amides is 1. The molecule has 0 unspecified atom stereocenters. The highest BCUT2D eigenvalue weighted by atomic mass is 32.2. The molecule has 27 heavy (non-hydrogen) atoms. The van der Waals surface area contributed by atoms with Crippen LogP contribution in [0.3, 0.4) is 0 Å². The van der Waals surface area contributed by atoms with Gasteiger partial charge in [0.25, 0.3) is 0 Å². The van der Waals surface area contributed by atoms with E-state index in [1.54, 1.807) is 43.3 Å². The number of ether oxygens (including phenoxy) is 1. The molecule has 0 aliphatic carbocycles. The smallest absolute Gasteiger partial charge is 0.246 e. The number of methoxy groups -OCH3 is 1. The fraction of sp³-hybridized carbons (Fsp3) is 0.222. The predicted molar refractivity (Wildman–Crippen MR) is 104 cm³/mol. The molecule has 2 aromatic carbocycles. The number of hydrogen-bond acceptors (Lipinski definition) is 6. The Hall–Kier alpha value is -3.25. The van der Waals surface area contributed by atoms with Gasteiger partial charge < -0.3 is 15.4 Å². The van der Waals surface area contributed by atoms with E-state index in [4.69, 9.17) is 10.00 Å². The van der Waals surface area contributed by atoms with Crippen LogP contribution < -0.4 is 20.1 Å².